The van der Waals surface area contributed by atoms with E-state index in [1.807, 2.05) is 12.1 Å². The van der Waals surface area contributed by atoms with Gasteiger partial charge in [0.25, 0.3) is 0 Å². The van der Waals surface area contributed by atoms with Crippen LogP contribution in [0, 0.1) is 0 Å². The third kappa shape index (κ3) is 2.80. The smallest absolute Gasteiger partial charge is 0.206 e. The standard InChI is InChI=1S/C16H17NO3S/c18-14-3-7-16(8-4-14)21(19,20)15-5-1-12(2-6-15)13-9-10-17-11-13/h1-8,13,17-18H,9-11H2. The lowest BCUT2D eigenvalue weighted by molar-refractivity contribution is 0.475. The van der Waals surface area contributed by atoms with E-state index in [0.717, 1.165) is 19.5 Å². The van der Waals surface area contributed by atoms with E-state index in [2.05, 4.69) is 5.32 Å². The Morgan fingerprint density at radius 2 is 1.52 bits per heavy atom. The number of benzene rings is 2. The Kier molecular flexibility index (Phi) is 3.69. The number of sulfone groups is 1. The van der Waals surface area contributed by atoms with Crippen LogP contribution < -0.4 is 5.32 Å². The second-order valence-corrected chi connectivity index (χ2v) is 7.21. The molecule has 2 N–H and O–H groups in total. The number of nitrogens with one attached hydrogen (secondary N) is 1. The summed E-state index contributed by atoms with van der Waals surface area (Å²) in [6.07, 6.45) is 1.09. The van der Waals surface area contributed by atoms with E-state index in [0.29, 0.717) is 5.92 Å². The number of phenolic OH excluding ortho intramolecular Hbond substituents is 1. The van der Waals surface area contributed by atoms with Crippen LogP contribution in [0.25, 0.3) is 0 Å². The first-order valence-electron chi connectivity index (χ1n) is 6.92. The molecule has 3 rings (SSSR count). The van der Waals surface area contributed by atoms with Gasteiger partial charge in [0.05, 0.1) is 9.79 Å². The van der Waals surface area contributed by atoms with Crippen LogP contribution in [0.15, 0.2) is 58.3 Å². The predicted molar refractivity (Wildman–Crippen MR) is 80.2 cm³/mol. The molecule has 21 heavy (non-hydrogen) atoms. The topological polar surface area (TPSA) is 66.4 Å². The summed E-state index contributed by atoms with van der Waals surface area (Å²) >= 11 is 0. The van der Waals surface area contributed by atoms with Gasteiger partial charge >= 0.3 is 0 Å². The molecule has 1 aliphatic heterocycles. The molecule has 4 nitrogen and oxygen atoms in total. The minimum atomic E-state index is -3.52. The lowest BCUT2D eigenvalue weighted by Crippen LogP contribution is -2.08. The van der Waals surface area contributed by atoms with E-state index in [9.17, 15) is 13.5 Å². The summed E-state index contributed by atoms with van der Waals surface area (Å²) in [5, 5.41) is 12.6. The van der Waals surface area contributed by atoms with E-state index in [-0.39, 0.29) is 15.5 Å². The summed E-state index contributed by atoms with van der Waals surface area (Å²) < 4.78 is 25.0. The summed E-state index contributed by atoms with van der Waals surface area (Å²) in [7, 11) is -3.52. The lowest BCUT2D eigenvalue weighted by atomic mass is 9.99. The molecule has 0 aliphatic carbocycles. The number of hydrogen-bond acceptors (Lipinski definition) is 4. The molecule has 110 valence electrons. The van der Waals surface area contributed by atoms with Gasteiger partial charge in [0.1, 0.15) is 5.75 Å². The molecule has 2 aromatic carbocycles. The van der Waals surface area contributed by atoms with Crippen molar-refractivity contribution < 1.29 is 13.5 Å². The van der Waals surface area contributed by atoms with Crippen LogP contribution in [0.5, 0.6) is 5.75 Å². The fraction of sp³-hybridized carbons (Fsp3) is 0.250. The van der Waals surface area contributed by atoms with Gasteiger partial charge < -0.3 is 10.4 Å². The third-order valence-corrected chi connectivity index (χ3v) is 5.65. The number of rotatable bonds is 3. The van der Waals surface area contributed by atoms with Crippen LogP contribution in [0.3, 0.4) is 0 Å². The summed E-state index contributed by atoms with van der Waals surface area (Å²) in [4.78, 5) is 0.471. The zero-order chi connectivity index (χ0) is 14.9. The van der Waals surface area contributed by atoms with E-state index in [1.165, 1.54) is 29.8 Å². The van der Waals surface area contributed by atoms with Gasteiger partial charge in [-0.3, -0.25) is 0 Å². The van der Waals surface area contributed by atoms with Crippen LogP contribution in [0.4, 0.5) is 0 Å². The first-order valence-corrected chi connectivity index (χ1v) is 8.40. The van der Waals surface area contributed by atoms with E-state index < -0.39 is 9.84 Å². The van der Waals surface area contributed by atoms with Crippen LogP contribution in [-0.2, 0) is 9.84 Å². The Bertz CT molecular complexity index is 715. The van der Waals surface area contributed by atoms with Gasteiger partial charge in [-0.2, -0.15) is 0 Å². The minimum Gasteiger partial charge on any atom is -0.508 e. The number of phenols is 1. The summed E-state index contributed by atoms with van der Waals surface area (Å²) in [5.74, 6) is 0.522. The monoisotopic (exact) mass is 303 g/mol. The Labute approximate surface area is 124 Å². The largest absolute Gasteiger partial charge is 0.508 e. The molecule has 0 spiro atoms. The molecule has 1 fully saturated rings. The molecule has 2 aromatic rings. The molecule has 1 atom stereocenters. The molecule has 0 aromatic heterocycles. The first kappa shape index (κ1) is 14.1. The number of hydrogen-bond donors (Lipinski definition) is 2. The maximum absolute atomic E-state index is 12.5. The minimum absolute atomic E-state index is 0.0537. The highest BCUT2D eigenvalue weighted by molar-refractivity contribution is 7.91. The molecule has 0 radical (unpaired) electrons. The highest BCUT2D eigenvalue weighted by Gasteiger charge is 2.20. The Hall–Kier alpha value is -1.85. The second-order valence-electron chi connectivity index (χ2n) is 5.26. The zero-order valence-corrected chi connectivity index (χ0v) is 12.3. The Morgan fingerprint density at radius 1 is 0.952 bits per heavy atom. The van der Waals surface area contributed by atoms with Crippen molar-refractivity contribution in [2.45, 2.75) is 22.1 Å². The summed E-state index contributed by atoms with van der Waals surface area (Å²) in [5.41, 5.74) is 1.17. The first-order chi connectivity index (χ1) is 10.1. The van der Waals surface area contributed by atoms with Crippen molar-refractivity contribution in [2.24, 2.45) is 0 Å². The molecular weight excluding hydrogens is 286 g/mol. The van der Waals surface area contributed by atoms with Gasteiger partial charge in [0.15, 0.2) is 0 Å². The maximum Gasteiger partial charge on any atom is 0.206 e. The quantitative estimate of drug-likeness (QED) is 0.913. The SMILES string of the molecule is O=S(=O)(c1ccc(O)cc1)c1ccc(C2CCNC2)cc1. The van der Waals surface area contributed by atoms with Crippen LogP contribution in [0.1, 0.15) is 17.9 Å². The maximum atomic E-state index is 12.5. The van der Waals surface area contributed by atoms with Crippen molar-refractivity contribution in [3.63, 3.8) is 0 Å². The Balaban J connectivity index is 1.90. The van der Waals surface area contributed by atoms with Crippen molar-refractivity contribution in [2.75, 3.05) is 13.1 Å². The highest BCUT2D eigenvalue weighted by Crippen LogP contribution is 2.26. The molecule has 1 heterocycles. The zero-order valence-electron chi connectivity index (χ0n) is 11.5. The van der Waals surface area contributed by atoms with Crippen molar-refractivity contribution in [1.29, 1.82) is 0 Å². The molecule has 0 bridgehead atoms. The molecule has 1 aliphatic rings. The lowest BCUT2D eigenvalue weighted by Gasteiger charge is -2.10. The van der Waals surface area contributed by atoms with Gasteiger partial charge in [0.2, 0.25) is 9.84 Å². The van der Waals surface area contributed by atoms with Crippen molar-refractivity contribution in [1.82, 2.24) is 5.32 Å². The third-order valence-electron chi connectivity index (χ3n) is 3.87. The van der Waals surface area contributed by atoms with Crippen LogP contribution in [0.2, 0.25) is 0 Å². The van der Waals surface area contributed by atoms with E-state index in [1.54, 1.807) is 12.1 Å². The fourth-order valence-electron chi connectivity index (χ4n) is 2.62. The average Bonchev–Trinajstić information content (AvgIpc) is 3.02. The Morgan fingerprint density at radius 3 is 2.05 bits per heavy atom. The van der Waals surface area contributed by atoms with Gasteiger partial charge in [-0.05, 0) is 60.8 Å². The van der Waals surface area contributed by atoms with Gasteiger partial charge in [0, 0.05) is 6.54 Å². The van der Waals surface area contributed by atoms with Crippen molar-refractivity contribution in [3.05, 3.63) is 54.1 Å². The normalized spacial score (nSPS) is 18.8. The highest BCUT2D eigenvalue weighted by atomic mass is 32.2. The molecule has 1 unspecified atom stereocenters. The summed E-state index contributed by atoms with van der Waals surface area (Å²) in [6, 6.07) is 12.7. The summed E-state index contributed by atoms with van der Waals surface area (Å²) in [6.45, 7) is 1.96. The van der Waals surface area contributed by atoms with Gasteiger partial charge in [-0.1, -0.05) is 12.1 Å². The van der Waals surface area contributed by atoms with E-state index >= 15 is 0 Å². The number of aromatic hydroxyl groups is 1. The predicted octanol–water partition coefficient (Wildman–Crippen LogP) is 2.30. The molecule has 0 amide bonds. The van der Waals surface area contributed by atoms with Crippen molar-refractivity contribution in [3.8, 4) is 5.75 Å². The van der Waals surface area contributed by atoms with Gasteiger partial charge in [-0.15, -0.1) is 0 Å². The van der Waals surface area contributed by atoms with Crippen LogP contribution >= 0.6 is 0 Å². The molecule has 1 saturated heterocycles. The van der Waals surface area contributed by atoms with E-state index in [4.69, 9.17) is 0 Å². The van der Waals surface area contributed by atoms with Gasteiger partial charge in [-0.25, -0.2) is 8.42 Å². The molecule has 0 saturated carbocycles. The average molecular weight is 303 g/mol. The van der Waals surface area contributed by atoms with Crippen molar-refractivity contribution >= 4 is 9.84 Å². The van der Waals surface area contributed by atoms with Crippen LogP contribution in [-0.4, -0.2) is 26.6 Å². The fourth-order valence-corrected chi connectivity index (χ4v) is 3.88. The molecular formula is C16H17NO3S. The second kappa shape index (κ2) is 5.50. The molecule has 5 heteroatoms.